The number of hydrogen-bond acceptors (Lipinski definition) is 5. The summed E-state index contributed by atoms with van der Waals surface area (Å²) in [6, 6.07) is 11.4. The number of aromatic carboxylic acids is 1. The molecule has 1 N–H and O–H groups in total. The van der Waals surface area contributed by atoms with E-state index in [4.69, 9.17) is 0 Å². The molecule has 9 heteroatoms. The second kappa shape index (κ2) is 8.09. The van der Waals surface area contributed by atoms with Crippen molar-refractivity contribution in [2.45, 2.75) is 19.4 Å². The number of para-hydroxylation sites is 1. The van der Waals surface area contributed by atoms with Crippen LogP contribution in [0.25, 0.3) is 0 Å². The number of nitro groups is 1. The third kappa shape index (κ3) is 3.93. The average Bonchev–Trinajstić information content (AvgIpc) is 3.10. The predicted octanol–water partition coefficient (Wildman–Crippen LogP) is 2.56. The van der Waals surface area contributed by atoms with E-state index in [9.17, 15) is 29.6 Å². The molecule has 1 aliphatic rings. The molecule has 2 amide bonds. The Hall–Kier alpha value is -3.75. The van der Waals surface area contributed by atoms with E-state index in [1.807, 2.05) is 18.2 Å². The van der Waals surface area contributed by atoms with Crippen LogP contribution in [0.3, 0.4) is 0 Å². The number of carboxylic acids is 1. The molecule has 1 unspecified atom stereocenters. The van der Waals surface area contributed by atoms with E-state index in [-0.39, 0.29) is 23.6 Å². The molecule has 0 saturated carbocycles. The van der Waals surface area contributed by atoms with Crippen LogP contribution in [0.1, 0.15) is 34.1 Å². The van der Waals surface area contributed by atoms with Crippen LogP contribution in [0, 0.1) is 10.1 Å². The van der Waals surface area contributed by atoms with Gasteiger partial charge in [-0.15, -0.1) is 0 Å². The molecule has 1 aliphatic heterocycles. The average molecular weight is 397 g/mol. The standard InChI is InChI=1S/C20H19N3O6/c1-2-21(17-8-9-22(19(17)25)15-6-4-3-5-7-15)18(24)13-10-14(20(26)27)12-16(11-13)23(28)29/h3-7,10-12,17H,2,8-9H2,1H3,(H,26,27). The lowest BCUT2D eigenvalue weighted by atomic mass is 10.1. The van der Waals surface area contributed by atoms with Crippen LogP contribution in [0.4, 0.5) is 11.4 Å². The van der Waals surface area contributed by atoms with Gasteiger partial charge in [-0.2, -0.15) is 0 Å². The van der Waals surface area contributed by atoms with Crippen LogP contribution in [-0.2, 0) is 4.79 Å². The Labute approximate surface area is 166 Å². The molecule has 0 spiro atoms. The summed E-state index contributed by atoms with van der Waals surface area (Å²) in [5.41, 5.74) is -0.258. The summed E-state index contributed by atoms with van der Waals surface area (Å²) in [6.07, 6.45) is 0.411. The molecule has 0 bridgehead atoms. The van der Waals surface area contributed by atoms with Crippen LogP contribution in [0.5, 0.6) is 0 Å². The normalized spacial score (nSPS) is 16.0. The highest BCUT2D eigenvalue weighted by molar-refractivity contribution is 6.04. The van der Waals surface area contributed by atoms with Crippen molar-refractivity contribution in [1.82, 2.24) is 4.90 Å². The van der Waals surface area contributed by atoms with Crippen molar-refractivity contribution in [1.29, 1.82) is 0 Å². The maximum atomic E-state index is 13.0. The minimum Gasteiger partial charge on any atom is -0.478 e. The lowest BCUT2D eigenvalue weighted by Crippen LogP contribution is -2.45. The maximum Gasteiger partial charge on any atom is 0.335 e. The van der Waals surface area contributed by atoms with Crippen molar-refractivity contribution in [2.24, 2.45) is 0 Å². The molecular formula is C20H19N3O6. The van der Waals surface area contributed by atoms with Crippen molar-refractivity contribution in [3.63, 3.8) is 0 Å². The highest BCUT2D eigenvalue weighted by Gasteiger charge is 2.38. The molecule has 0 aromatic heterocycles. The minimum absolute atomic E-state index is 0.135. The van der Waals surface area contributed by atoms with Crippen LogP contribution < -0.4 is 4.90 Å². The number of anilines is 1. The second-order valence-corrected chi connectivity index (χ2v) is 6.55. The summed E-state index contributed by atoms with van der Waals surface area (Å²) < 4.78 is 0. The molecule has 1 atom stereocenters. The fourth-order valence-corrected chi connectivity index (χ4v) is 3.45. The van der Waals surface area contributed by atoms with Crippen molar-refractivity contribution < 1.29 is 24.4 Å². The Balaban J connectivity index is 1.91. The smallest absolute Gasteiger partial charge is 0.335 e. The van der Waals surface area contributed by atoms with Gasteiger partial charge in [0.05, 0.1) is 10.5 Å². The van der Waals surface area contributed by atoms with E-state index >= 15 is 0 Å². The molecule has 9 nitrogen and oxygen atoms in total. The Morgan fingerprint density at radius 3 is 2.45 bits per heavy atom. The molecular weight excluding hydrogens is 378 g/mol. The van der Waals surface area contributed by atoms with Gasteiger partial charge in [0.1, 0.15) is 6.04 Å². The highest BCUT2D eigenvalue weighted by atomic mass is 16.6. The molecule has 2 aromatic rings. The third-order valence-electron chi connectivity index (χ3n) is 4.85. The summed E-state index contributed by atoms with van der Waals surface area (Å²) in [6.45, 7) is 2.33. The van der Waals surface area contributed by atoms with E-state index < -0.39 is 28.5 Å². The van der Waals surface area contributed by atoms with E-state index in [1.54, 1.807) is 24.0 Å². The highest BCUT2D eigenvalue weighted by Crippen LogP contribution is 2.26. The molecule has 2 aromatic carbocycles. The monoisotopic (exact) mass is 397 g/mol. The number of nitro benzene ring substituents is 1. The van der Waals surface area contributed by atoms with E-state index in [0.29, 0.717) is 13.0 Å². The van der Waals surface area contributed by atoms with Gasteiger partial charge in [0, 0.05) is 36.5 Å². The van der Waals surface area contributed by atoms with Crippen LogP contribution in [0.2, 0.25) is 0 Å². The number of carbonyl (C=O) groups is 3. The Morgan fingerprint density at radius 2 is 1.86 bits per heavy atom. The van der Waals surface area contributed by atoms with Crippen molar-refractivity contribution in [3.8, 4) is 0 Å². The van der Waals surface area contributed by atoms with Gasteiger partial charge in [0.25, 0.3) is 11.6 Å². The number of carboxylic acid groups (broad SMARTS) is 1. The molecule has 3 rings (SSSR count). The second-order valence-electron chi connectivity index (χ2n) is 6.55. The first kappa shape index (κ1) is 20.0. The molecule has 29 heavy (non-hydrogen) atoms. The first-order chi connectivity index (χ1) is 13.8. The van der Waals surface area contributed by atoms with Gasteiger partial charge < -0.3 is 14.9 Å². The number of nitrogens with zero attached hydrogens (tertiary/aromatic N) is 3. The Kier molecular flexibility index (Phi) is 5.58. The van der Waals surface area contributed by atoms with Gasteiger partial charge in [0.15, 0.2) is 0 Å². The lowest BCUT2D eigenvalue weighted by Gasteiger charge is -2.27. The molecule has 1 heterocycles. The van der Waals surface area contributed by atoms with E-state index in [1.165, 1.54) is 4.90 Å². The zero-order valence-electron chi connectivity index (χ0n) is 15.6. The summed E-state index contributed by atoms with van der Waals surface area (Å²) in [5.74, 6) is -2.24. The zero-order chi connectivity index (χ0) is 21.1. The third-order valence-corrected chi connectivity index (χ3v) is 4.85. The van der Waals surface area contributed by atoms with Gasteiger partial charge in [-0.25, -0.2) is 4.79 Å². The Morgan fingerprint density at radius 1 is 1.21 bits per heavy atom. The molecule has 0 aliphatic carbocycles. The van der Waals surface area contributed by atoms with E-state index in [2.05, 4.69) is 0 Å². The molecule has 1 fully saturated rings. The first-order valence-corrected chi connectivity index (χ1v) is 9.03. The quantitative estimate of drug-likeness (QED) is 0.591. The Bertz CT molecular complexity index is 943. The molecule has 150 valence electrons. The fourth-order valence-electron chi connectivity index (χ4n) is 3.45. The van der Waals surface area contributed by atoms with Crippen LogP contribution >= 0.6 is 0 Å². The van der Waals surface area contributed by atoms with Gasteiger partial charge >= 0.3 is 5.97 Å². The minimum atomic E-state index is -1.38. The van der Waals surface area contributed by atoms with Crippen LogP contribution in [-0.4, -0.2) is 51.8 Å². The first-order valence-electron chi connectivity index (χ1n) is 9.03. The van der Waals surface area contributed by atoms with Crippen molar-refractivity contribution >= 4 is 29.2 Å². The number of hydrogen-bond donors (Lipinski definition) is 1. The summed E-state index contributed by atoms with van der Waals surface area (Å²) in [4.78, 5) is 50.5. The number of likely N-dealkylation sites (N-methyl/N-ethyl adjacent to an activating group) is 1. The number of benzene rings is 2. The van der Waals surface area contributed by atoms with Crippen molar-refractivity contribution in [2.75, 3.05) is 18.0 Å². The largest absolute Gasteiger partial charge is 0.478 e. The lowest BCUT2D eigenvalue weighted by molar-refractivity contribution is -0.384. The fraction of sp³-hybridized carbons (Fsp3) is 0.250. The van der Waals surface area contributed by atoms with E-state index in [0.717, 1.165) is 23.9 Å². The number of rotatable bonds is 6. The van der Waals surface area contributed by atoms with Crippen molar-refractivity contribution in [3.05, 3.63) is 69.8 Å². The maximum absolute atomic E-state index is 13.0. The van der Waals surface area contributed by atoms with Gasteiger partial charge in [-0.1, -0.05) is 18.2 Å². The molecule has 1 saturated heterocycles. The van der Waals surface area contributed by atoms with Gasteiger partial charge in [-0.3, -0.25) is 19.7 Å². The SMILES string of the molecule is CCN(C(=O)c1cc(C(=O)O)cc([N+](=O)[O-])c1)C1CCN(c2ccccc2)C1=O. The number of non-ortho nitro benzene ring substituents is 1. The summed E-state index contributed by atoms with van der Waals surface area (Å²) >= 11 is 0. The topological polar surface area (TPSA) is 121 Å². The van der Waals surface area contributed by atoms with Gasteiger partial charge in [0.2, 0.25) is 5.91 Å². The summed E-state index contributed by atoms with van der Waals surface area (Å²) in [5, 5.41) is 20.3. The van der Waals surface area contributed by atoms with Gasteiger partial charge in [-0.05, 0) is 31.5 Å². The predicted molar refractivity (Wildman–Crippen MR) is 104 cm³/mol. The number of amides is 2. The number of carbonyl (C=O) groups excluding carboxylic acids is 2. The molecule has 0 radical (unpaired) electrons. The van der Waals surface area contributed by atoms with Crippen LogP contribution in [0.15, 0.2) is 48.5 Å². The zero-order valence-corrected chi connectivity index (χ0v) is 15.6. The summed E-state index contributed by atoms with van der Waals surface area (Å²) in [7, 11) is 0.